The summed E-state index contributed by atoms with van der Waals surface area (Å²) in [5.74, 6) is 0.264. The Hall–Kier alpha value is -2.86. The maximum absolute atomic E-state index is 11.8. The molecule has 142 valence electrons. The van der Waals surface area contributed by atoms with Crippen molar-refractivity contribution in [3.8, 4) is 5.75 Å². The van der Waals surface area contributed by atoms with Gasteiger partial charge in [0.2, 0.25) is 6.33 Å². The van der Waals surface area contributed by atoms with Crippen molar-refractivity contribution in [1.29, 1.82) is 0 Å². The number of para-hydroxylation sites is 2. The highest BCUT2D eigenvalue weighted by atomic mass is 16.5. The fourth-order valence-corrected chi connectivity index (χ4v) is 2.92. The molecule has 1 aromatic heterocycles. The first-order valence-electron chi connectivity index (χ1n) is 9.10. The molecule has 0 bridgehead atoms. The number of benzene rings is 2. The van der Waals surface area contributed by atoms with Crippen molar-refractivity contribution in [3.05, 3.63) is 60.4 Å². The van der Waals surface area contributed by atoms with Gasteiger partial charge in [-0.15, -0.1) is 0 Å². The Kier molecular flexibility index (Phi) is 6.08. The minimum absolute atomic E-state index is 0.163. The van der Waals surface area contributed by atoms with Gasteiger partial charge in [0.25, 0.3) is 0 Å². The van der Waals surface area contributed by atoms with E-state index in [2.05, 4.69) is 0 Å². The molecule has 0 aliphatic carbocycles. The molecule has 2 aromatic carbocycles. The lowest BCUT2D eigenvalue weighted by atomic mass is 10.2. The molecule has 1 atom stereocenters. The molecule has 1 N–H and O–H groups in total. The number of aliphatic hydroxyl groups is 1. The van der Waals surface area contributed by atoms with Crippen molar-refractivity contribution in [1.82, 2.24) is 4.57 Å². The third kappa shape index (κ3) is 4.65. The average molecular weight is 369 g/mol. The number of aromatic nitrogens is 2. The summed E-state index contributed by atoms with van der Waals surface area (Å²) in [6.45, 7) is 2.96. The molecular formula is C21H25N2O4+. The standard InChI is InChI=1S/C21H25N2O4/c1-3-12-26-21(25)16-8-10-18(11-9-16)27-14-17(24)13-23-15-22(2)19-6-4-5-7-20(19)23/h4-11,15,17,24H,3,12-14H2,1-2H3/q+1. The highest BCUT2D eigenvalue weighted by Crippen LogP contribution is 2.15. The number of esters is 1. The van der Waals surface area contributed by atoms with E-state index in [-0.39, 0.29) is 12.6 Å². The summed E-state index contributed by atoms with van der Waals surface area (Å²) in [7, 11) is 1.98. The molecule has 0 spiro atoms. The van der Waals surface area contributed by atoms with E-state index in [1.54, 1.807) is 24.3 Å². The monoisotopic (exact) mass is 369 g/mol. The molecule has 1 unspecified atom stereocenters. The first-order chi connectivity index (χ1) is 13.1. The van der Waals surface area contributed by atoms with E-state index in [0.717, 1.165) is 17.5 Å². The van der Waals surface area contributed by atoms with Gasteiger partial charge in [0.15, 0.2) is 11.0 Å². The maximum Gasteiger partial charge on any atom is 0.338 e. The summed E-state index contributed by atoms with van der Waals surface area (Å²) in [5.41, 5.74) is 2.66. The normalized spacial score (nSPS) is 12.1. The Balaban J connectivity index is 1.56. The Labute approximate surface area is 158 Å². The zero-order valence-corrected chi connectivity index (χ0v) is 15.7. The van der Waals surface area contributed by atoms with Crippen LogP contribution in [0.2, 0.25) is 0 Å². The van der Waals surface area contributed by atoms with Crippen LogP contribution < -0.4 is 9.30 Å². The fourth-order valence-electron chi connectivity index (χ4n) is 2.92. The number of rotatable bonds is 8. The van der Waals surface area contributed by atoms with Gasteiger partial charge in [-0.25, -0.2) is 13.9 Å². The molecule has 3 rings (SSSR count). The number of hydrogen-bond donors (Lipinski definition) is 1. The Morgan fingerprint density at radius 1 is 1.19 bits per heavy atom. The Bertz CT molecular complexity index is 902. The van der Waals surface area contributed by atoms with Crippen molar-refractivity contribution in [3.63, 3.8) is 0 Å². The van der Waals surface area contributed by atoms with Crippen LogP contribution in [0.25, 0.3) is 11.0 Å². The summed E-state index contributed by atoms with van der Waals surface area (Å²) in [6.07, 6.45) is 2.10. The third-order valence-electron chi connectivity index (χ3n) is 4.26. The number of aliphatic hydroxyl groups excluding tert-OH is 1. The van der Waals surface area contributed by atoms with Crippen molar-refractivity contribution < 1.29 is 23.9 Å². The van der Waals surface area contributed by atoms with Gasteiger partial charge in [-0.1, -0.05) is 19.1 Å². The predicted octanol–water partition coefficient (Wildman–Crippen LogP) is 2.47. The molecule has 0 aliphatic heterocycles. The lowest BCUT2D eigenvalue weighted by Gasteiger charge is -2.11. The maximum atomic E-state index is 11.8. The topological polar surface area (TPSA) is 64.6 Å². The van der Waals surface area contributed by atoms with Crippen LogP contribution in [0, 0.1) is 0 Å². The van der Waals surface area contributed by atoms with Crippen LogP contribution in [-0.4, -0.2) is 35.0 Å². The number of carbonyl (C=O) groups excluding carboxylic acids is 1. The van der Waals surface area contributed by atoms with Gasteiger partial charge in [-0.3, -0.25) is 0 Å². The lowest BCUT2D eigenvalue weighted by Crippen LogP contribution is -2.27. The van der Waals surface area contributed by atoms with Crippen LogP contribution >= 0.6 is 0 Å². The van der Waals surface area contributed by atoms with Crippen LogP contribution in [-0.2, 0) is 18.3 Å². The molecule has 27 heavy (non-hydrogen) atoms. The number of aryl methyl sites for hydroxylation is 1. The van der Waals surface area contributed by atoms with Gasteiger partial charge in [0.05, 0.1) is 19.2 Å². The fraction of sp³-hybridized carbons (Fsp3) is 0.333. The van der Waals surface area contributed by atoms with Gasteiger partial charge < -0.3 is 14.6 Å². The van der Waals surface area contributed by atoms with Crippen LogP contribution in [0.1, 0.15) is 23.7 Å². The largest absolute Gasteiger partial charge is 0.491 e. The number of nitrogens with zero attached hydrogens (tertiary/aromatic N) is 2. The molecule has 6 heteroatoms. The van der Waals surface area contributed by atoms with Crippen LogP contribution in [0.15, 0.2) is 54.9 Å². The number of hydrogen-bond acceptors (Lipinski definition) is 4. The first kappa shape index (κ1) is 18.9. The molecule has 0 radical (unpaired) electrons. The highest BCUT2D eigenvalue weighted by Gasteiger charge is 2.16. The predicted molar refractivity (Wildman–Crippen MR) is 102 cm³/mol. The van der Waals surface area contributed by atoms with E-state index in [1.165, 1.54) is 0 Å². The second-order valence-electron chi connectivity index (χ2n) is 6.49. The third-order valence-corrected chi connectivity index (χ3v) is 4.26. The van der Waals surface area contributed by atoms with Gasteiger partial charge >= 0.3 is 5.97 Å². The zero-order chi connectivity index (χ0) is 19.2. The van der Waals surface area contributed by atoms with E-state index < -0.39 is 6.10 Å². The molecule has 0 saturated carbocycles. The second-order valence-corrected chi connectivity index (χ2v) is 6.49. The highest BCUT2D eigenvalue weighted by molar-refractivity contribution is 5.89. The van der Waals surface area contributed by atoms with Gasteiger partial charge in [-0.05, 0) is 42.8 Å². The van der Waals surface area contributed by atoms with Crippen molar-refractivity contribution in [2.24, 2.45) is 7.05 Å². The summed E-state index contributed by atoms with van der Waals surface area (Å²) in [6, 6.07) is 14.8. The van der Waals surface area contributed by atoms with Crippen LogP contribution in [0.4, 0.5) is 0 Å². The average Bonchev–Trinajstić information content (AvgIpc) is 3.00. The van der Waals surface area contributed by atoms with Crippen molar-refractivity contribution in [2.45, 2.75) is 26.0 Å². The molecule has 0 amide bonds. The molecule has 6 nitrogen and oxygen atoms in total. The van der Waals surface area contributed by atoms with Crippen LogP contribution in [0.3, 0.4) is 0 Å². The summed E-state index contributed by atoms with van der Waals surface area (Å²) >= 11 is 0. The van der Waals surface area contributed by atoms with E-state index in [1.807, 2.05) is 53.7 Å². The Morgan fingerprint density at radius 2 is 1.93 bits per heavy atom. The van der Waals surface area contributed by atoms with Gasteiger partial charge in [-0.2, -0.15) is 0 Å². The summed E-state index contributed by atoms with van der Waals surface area (Å²) in [5, 5.41) is 10.3. The zero-order valence-electron chi connectivity index (χ0n) is 15.7. The van der Waals surface area contributed by atoms with Crippen LogP contribution in [0.5, 0.6) is 5.75 Å². The number of carbonyl (C=O) groups is 1. The molecule has 1 heterocycles. The molecule has 3 aromatic rings. The minimum Gasteiger partial charge on any atom is -0.491 e. The van der Waals surface area contributed by atoms with Crippen molar-refractivity contribution >= 4 is 17.0 Å². The summed E-state index contributed by atoms with van der Waals surface area (Å²) < 4.78 is 14.8. The molecule has 0 saturated heterocycles. The second kappa shape index (κ2) is 8.68. The smallest absolute Gasteiger partial charge is 0.338 e. The number of imidazole rings is 1. The molecule has 0 fully saturated rings. The van der Waals surface area contributed by atoms with Gasteiger partial charge in [0.1, 0.15) is 25.0 Å². The van der Waals surface area contributed by atoms with E-state index in [0.29, 0.717) is 24.5 Å². The van der Waals surface area contributed by atoms with E-state index in [4.69, 9.17) is 9.47 Å². The lowest BCUT2D eigenvalue weighted by molar-refractivity contribution is -0.645. The van der Waals surface area contributed by atoms with Crippen molar-refractivity contribution in [2.75, 3.05) is 13.2 Å². The van der Waals surface area contributed by atoms with Gasteiger partial charge in [0, 0.05) is 0 Å². The molecule has 0 aliphatic rings. The minimum atomic E-state index is -0.657. The van der Waals surface area contributed by atoms with E-state index >= 15 is 0 Å². The summed E-state index contributed by atoms with van der Waals surface area (Å²) in [4.78, 5) is 11.8. The van der Waals surface area contributed by atoms with E-state index in [9.17, 15) is 9.90 Å². The molecular weight excluding hydrogens is 344 g/mol. The SMILES string of the molecule is CCCOC(=O)c1ccc(OCC(O)Cn2c[n+](C)c3ccccc32)cc1. The Morgan fingerprint density at radius 3 is 2.67 bits per heavy atom. The first-order valence-corrected chi connectivity index (χ1v) is 9.10. The number of fused-ring (bicyclic) bond motifs is 1. The quantitative estimate of drug-likeness (QED) is 0.489. The number of ether oxygens (including phenoxy) is 2.